The summed E-state index contributed by atoms with van der Waals surface area (Å²) in [6, 6.07) is 0. The lowest BCUT2D eigenvalue weighted by atomic mass is 10.5. The van der Waals surface area contributed by atoms with Crippen LogP contribution < -0.4 is 0 Å². The van der Waals surface area contributed by atoms with Crippen molar-refractivity contribution in [2.75, 3.05) is 0 Å². The van der Waals surface area contributed by atoms with Gasteiger partial charge in [-0.1, -0.05) is 5.21 Å². The van der Waals surface area contributed by atoms with E-state index in [-0.39, 0.29) is 0 Å². The van der Waals surface area contributed by atoms with E-state index in [9.17, 15) is 0 Å². The number of hydrogen-bond acceptors (Lipinski definition) is 4. The van der Waals surface area contributed by atoms with Gasteiger partial charge >= 0.3 is 0 Å². The van der Waals surface area contributed by atoms with Gasteiger partial charge in [0.25, 0.3) is 0 Å². The molecule has 2 aromatic heterocycles. The highest BCUT2D eigenvalue weighted by atomic mass is 35.5. The minimum absolute atomic E-state index is 0.401. The normalized spacial score (nSPS) is 10.5. The van der Waals surface area contributed by atoms with Crippen LogP contribution in [0.4, 0.5) is 0 Å². The molecular weight excluding hydrogens is 208 g/mol. The highest BCUT2D eigenvalue weighted by Crippen LogP contribution is 2.06. The fourth-order valence-electron chi connectivity index (χ4n) is 0.947. The average Bonchev–Trinajstić information content (AvgIpc) is 2.76. The van der Waals surface area contributed by atoms with Crippen LogP contribution in [0.15, 0.2) is 17.8 Å². The highest BCUT2D eigenvalue weighted by molar-refractivity contribution is 7.09. The zero-order chi connectivity index (χ0) is 9.10. The molecule has 0 spiro atoms. The van der Waals surface area contributed by atoms with Gasteiger partial charge in [0.1, 0.15) is 5.01 Å². The third kappa shape index (κ3) is 2.05. The van der Waals surface area contributed by atoms with Crippen LogP contribution in [0.2, 0.25) is 0 Å². The molecule has 68 valence electrons. The first kappa shape index (κ1) is 8.65. The van der Waals surface area contributed by atoms with Gasteiger partial charge in [-0.05, 0) is 0 Å². The Labute approximate surface area is 84.2 Å². The van der Waals surface area contributed by atoms with Gasteiger partial charge in [0.2, 0.25) is 0 Å². The van der Waals surface area contributed by atoms with Gasteiger partial charge in [0.15, 0.2) is 0 Å². The minimum Gasteiger partial charge on any atom is -0.248 e. The molecule has 6 heteroatoms. The molecule has 0 radical (unpaired) electrons. The third-order valence-electron chi connectivity index (χ3n) is 1.50. The standard InChI is InChI=1S/C7H7ClN4S/c8-3-6-4-12(11-10-6)5-7-9-1-2-13-7/h1-2,4H,3,5H2. The van der Waals surface area contributed by atoms with Gasteiger partial charge < -0.3 is 0 Å². The van der Waals surface area contributed by atoms with E-state index in [0.29, 0.717) is 12.4 Å². The van der Waals surface area contributed by atoms with Gasteiger partial charge in [-0.15, -0.1) is 28.0 Å². The summed E-state index contributed by atoms with van der Waals surface area (Å²) in [6.07, 6.45) is 3.60. The van der Waals surface area contributed by atoms with Crippen LogP contribution in [-0.2, 0) is 12.4 Å². The molecular formula is C7H7ClN4S. The predicted molar refractivity (Wildman–Crippen MR) is 50.8 cm³/mol. The highest BCUT2D eigenvalue weighted by Gasteiger charge is 2.01. The number of aromatic nitrogens is 4. The van der Waals surface area contributed by atoms with Crippen molar-refractivity contribution < 1.29 is 0 Å². The molecule has 13 heavy (non-hydrogen) atoms. The maximum absolute atomic E-state index is 5.59. The second kappa shape index (κ2) is 3.85. The molecule has 4 nitrogen and oxygen atoms in total. The molecule has 0 amide bonds. The molecule has 0 atom stereocenters. The Hall–Kier alpha value is -0.940. The van der Waals surface area contributed by atoms with Crippen LogP contribution in [0.5, 0.6) is 0 Å². The Morgan fingerprint density at radius 3 is 3.08 bits per heavy atom. The molecule has 0 aliphatic heterocycles. The van der Waals surface area contributed by atoms with E-state index in [1.54, 1.807) is 22.2 Å². The smallest absolute Gasteiger partial charge is 0.114 e. The van der Waals surface area contributed by atoms with Crippen molar-refractivity contribution in [2.24, 2.45) is 0 Å². The van der Waals surface area contributed by atoms with Crippen LogP contribution in [0.1, 0.15) is 10.7 Å². The van der Waals surface area contributed by atoms with Gasteiger partial charge in [0.05, 0.1) is 24.3 Å². The van der Waals surface area contributed by atoms with E-state index in [2.05, 4.69) is 15.3 Å². The number of thiazole rings is 1. The van der Waals surface area contributed by atoms with Crippen LogP contribution in [-0.4, -0.2) is 20.0 Å². The Bertz CT molecular complexity index is 370. The molecule has 2 heterocycles. The molecule has 0 aliphatic carbocycles. The van der Waals surface area contributed by atoms with E-state index in [4.69, 9.17) is 11.6 Å². The Balaban J connectivity index is 2.10. The third-order valence-corrected chi connectivity index (χ3v) is 2.54. The molecule has 0 saturated heterocycles. The predicted octanol–water partition coefficient (Wildman–Crippen LogP) is 1.52. The minimum atomic E-state index is 0.401. The summed E-state index contributed by atoms with van der Waals surface area (Å²) in [5.41, 5.74) is 0.790. The maximum Gasteiger partial charge on any atom is 0.114 e. The number of halogens is 1. The molecule has 2 aromatic rings. The molecule has 0 unspecified atom stereocenters. The van der Waals surface area contributed by atoms with Crippen molar-refractivity contribution in [3.05, 3.63) is 28.5 Å². The molecule has 0 bridgehead atoms. The Morgan fingerprint density at radius 1 is 1.54 bits per heavy atom. The molecule has 0 N–H and O–H groups in total. The average molecular weight is 215 g/mol. The molecule has 0 fully saturated rings. The van der Waals surface area contributed by atoms with Crippen molar-refractivity contribution in [3.63, 3.8) is 0 Å². The van der Waals surface area contributed by atoms with E-state index in [1.807, 2.05) is 11.6 Å². The SMILES string of the molecule is ClCc1cn(Cc2nccs2)nn1. The molecule has 0 aliphatic rings. The van der Waals surface area contributed by atoms with Crippen molar-refractivity contribution in [2.45, 2.75) is 12.4 Å². The lowest BCUT2D eigenvalue weighted by molar-refractivity contribution is 0.647. The molecule has 2 rings (SSSR count). The summed E-state index contributed by atoms with van der Waals surface area (Å²) in [7, 11) is 0. The summed E-state index contributed by atoms with van der Waals surface area (Å²) in [5.74, 6) is 0.401. The van der Waals surface area contributed by atoms with Gasteiger partial charge in [-0.2, -0.15) is 0 Å². The lowest BCUT2D eigenvalue weighted by Crippen LogP contribution is -1.99. The van der Waals surface area contributed by atoms with Crippen LogP contribution >= 0.6 is 22.9 Å². The van der Waals surface area contributed by atoms with E-state index in [1.165, 1.54) is 0 Å². The topological polar surface area (TPSA) is 43.6 Å². The van der Waals surface area contributed by atoms with Crippen molar-refractivity contribution in [1.82, 2.24) is 20.0 Å². The largest absolute Gasteiger partial charge is 0.248 e. The van der Waals surface area contributed by atoms with Crippen molar-refractivity contribution >= 4 is 22.9 Å². The quantitative estimate of drug-likeness (QED) is 0.728. The maximum atomic E-state index is 5.59. The Kier molecular flexibility index (Phi) is 2.56. The first-order valence-corrected chi connectivity index (χ1v) is 5.13. The van der Waals surface area contributed by atoms with E-state index in [0.717, 1.165) is 10.7 Å². The second-order valence-corrected chi connectivity index (χ2v) is 3.71. The van der Waals surface area contributed by atoms with Crippen LogP contribution in [0.25, 0.3) is 0 Å². The Morgan fingerprint density at radius 2 is 2.46 bits per heavy atom. The summed E-state index contributed by atoms with van der Waals surface area (Å²) < 4.78 is 1.73. The van der Waals surface area contributed by atoms with Crippen LogP contribution in [0, 0.1) is 0 Å². The summed E-state index contributed by atoms with van der Waals surface area (Å²) in [6.45, 7) is 0.668. The number of hydrogen-bond donors (Lipinski definition) is 0. The fourth-order valence-corrected chi connectivity index (χ4v) is 1.68. The fraction of sp³-hybridized carbons (Fsp3) is 0.286. The van der Waals surface area contributed by atoms with E-state index >= 15 is 0 Å². The van der Waals surface area contributed by atoms with Crippen molar-refractivity contribution in [1.29, 1.82) is 0 Å². The zero-order valence-corrected chi connectivity index (χ0v) is 8.29. The van der Waals surface area contributed by atoms with Crippen molar-refractivity contribution in [3.8, 4) is 0 Å². The van der Waals surface area contributed by atoms with Gasteiger partial charge in [-0.25, -0.2) is 9.67 Å². The zero-order valence-electron chi connectivity index (χ0n) is 6.72. The number of alkyl halides is 1. The van der Waals surface area contributed by atoms with E-state index < -0.39 is 0 Å². The number of nitrogens with zero attached hydrogens (tertiary/aromatic N) is 4. The summed E-state index contributed by atoms with van der Waals surface area (Å²) >= 11 is 7.20. The first-order chi connectivity index (χ1) is 6.38. The monoisotopic (exact) mass is 214 g/mol. The number of rotatable bonds is 3. The first-order valence-electron chi connectivity index (χ1n) is 3.72. The summed E-state index contributed by atoms with van der Waals surface area (Å²) in [5, 5.41) is 10.7. The van der Waals surface area contributed by atoms with Crippen LogP contribution in [0.3, 0.4) is 0 Å². The summed E-state index contributed by atoms with van der Waals surface area (Å²) in [4.78, 5) is 4.14. The molecule has 0 aromatic carbocycles. The molecule has 0 saturated carbocycles. The van der Waals surface area contributed by atoms with Gasteiger partial charge in [0, 0.05) is 11.6 Å². The lowest BCUT2D eigenvalue weighted by Gasteiger charge is -1.93. The van der Waals surface area contributed by atoms with Gasteiger partial charge in [-0.3, -0.25) is 0 Å². The second-order valence-electron chi connectivity index (χ2n) is 2.47.